The average Bonchev–Trinajstić information content (AvgIpc) is 3.26. The molecule has 2 aromatic carbocycles. The molecule has 1 N–H and O–H groups in total. The molecular formula is C28H35N3O5. The highest BCUT2D eigenvalue weighted by molar-refractivity contribution is 5.99. The van der Waals surface area contributed by atoms with E-state index >= 15 is 0 Å². The van der Waals surface area contributed by atoms with Crippen molar-refractivity contribution in [2.75, 3.05) is 26.8 Å². The van der Waals surface area contributed by atoms with Gasteiger partial charge in [-0.05, 0) is 56.7 Å². The quantitative estimate of drug-likeness (QED) is 0.667. The fraction of sp³-hybridized carbons (Fsp3) is 0.464. The molecule has 0 saturated carbocycles. The Morgan fingerprint density at radius 1 is 1.08 bits per heavy atom. The number of hydrogen-bond acceptors (Lipinski definition) is 5. The number of aryl methyl sites for hydroxylation is 1. The third kappa shape index (κ3) is 5.09. The van der Waals surface area contributed by atoms with E-state index in [0.29, 0.717) is 42.8 Å². The Morgan fingerprint density at radius 2 is 1.78 bits per heavy atom. The second-order valence-corrected chi connectivity index (χ2v) is 9.66. The zero-order valence-electron chi connectivity index (χ0n) is 21.5. The summed E-state index contributed by atoms with van der Waals surface area (Å²) in [7, 11) is 1.57. The first-order valence-corrected chi connectivity index (χ1v) is 12.6. The van der Waals surface area contributed by atoms with Gasteiger partial charge in [0.2, 0.25) is 5.91 Å². The molecule has 2 aromatic rings. The van der Waals surface area contributed by atoms with Gasteiger partial charge in [0.1, 0.15) is 17.5 Å². The number of ether oxygens (including phenoxy) is 2. The lowest BCUT2D eigenvalue weighted by atomic mass is 9.96. The van der Waals surface area contributed by atoms with Crippen LogP contribution in [0.15, 0.2) is 48.5 Å². The van der Waals surface area contributed by atoms with Crippen LogP contribution in [0, 0.1) is 6.92 Å². The maximum Gasteiger partial charge on any atom is 0.256 e. The van der Waals surface area contributed by atoms with E-state index in [2.05, 4.69) is 5.32 Å². The number of amides is 3. The van der Waals surface area contributed by atoms with Crippen LogP contribution in [0.2, 0.25) is 0 Å². The minimum Gasteiger partial charge on any atom is -0.497 e. The van der Waals surface area contributed by atoms with Gasteiger partial charge in [-0.3, -0.25) is 19.3 Å². The van der Waals surface area contributed by atoms with Crippen LogP contribution in [0.1, 0.15) is 59.4 Å². The van der Waals surface area contributed by atoms with Crippen LogP contribution >= 0.6 is 0 Å². The molecule has 8 heteroatoms. The molecule has 0 aliphatic carbocycles. The molecule has 0 unspecified atom stereocenters. The van der Waals surface area contributed by atoms with Crippen LogP contribution in [-0.4, -0.2) is 72.1 Å². The molecule has 8 nitrogen and oxygen atoms in total. The predicted octanol–water partition coefficient (Wildman–Crippen LogP) is 3.39. The van der Waals surface area contributed by atoms with Crippen LogP contribution in [0.4, 0.5) is 0 Å². The molecular weight excluding hydrogens is 458 g/mol. The summed E-state index contributed by atoms with van der Waals surface area (Å²) in [4.78, 5) is 43.5. The van der Waals surface area contributed by atoms with Crippen molar-refractivity contribution in [3.8, 4) is 5.75 Å². The summed E-state index contributed by atoms with van der Waals surface area (Å²) in [6.45, 7) is 6.88. The molecule has 36 heavy (non-hydrogen) atoms. The topological polar surface area (TPSA) is 88.2 Å². The van der Waals surface area contributed by atoms with Crippen molar-refractivity contribution in [1.29, 1.82) is 0 Å². The SMILES string of the molecule is CC[C@H](C)NC(=O)[C@@H]1COC2(CCN(C(=O)c3cccc(C)c3)CC2)N1C(=O)c1ccc(OC)cc1. The second-order valence-electron chi connectivity index (χ2n) is 9.66. The Balaban J connectivity index is 1.58. The summed E-state index contributed by atoms with van der Waals surface area (Å²) in [5, 5.41) is 3.00. The lowest BCUT2D eigenvalue weighted by Gasteiger charge is -2.44. The third-order valence-corrected chi connectivity index (χ3v) is 7.22. The fourth-order valence-electron chi connectivity index (χ4n) is 4.90. The molecule has 3 amide bonds. The molecule has 2 saturated heterocycles. The second kappa shape index (κ2) is 10.7. The van der Waals surface area contributed by atoms with Crippen molar-refractivity contribution in [3.63, 3.8) is 0 Å². The van der Waals surface area contributed by atoms with Crippen LogP contribution in [0.3, 0.4) is 0 Å². The molecule has 2 aliphatic rings. The van der Waals surface area contributed by atoms with Crippen LogP contribution in [0.25, 0.3) is 0 Å². The predicted molar refractivity (Wildman–Crippen MR) is 136 cm³/mol. The minimum absolute atomic E-state index is 0.0132. The van der Waals surface area contributed by atoms with Gasteiger partial charge in [0, 0.05) is 43.1 Å². The van der Waals surface area contributed by atoms with Gasteiger partial charge in [-0.15, -0.1) is 0 Å². The highest BCUT2D eigenvalue weighted by atomic mass is 16.5. The molecule has 0 bridgehead atoms. The van der Waals surface area contributed by atoms with Gasteiger partial charge in [0.05, 0.1) is 13.7 Å². The Hall–Kier alpha value is -3.39. The number of nitrogens with one attached hydrogen (secondary N) is 1. The zero-order chi connectivity index (χ0) is 25.9. The summed E-state index contributed by atoms with van der Waals surface area (Å²) in [6, 6.07) is 13.6. The number of rotatable bonds is 6. The van der Waals surface area contributed by atoms with E-state index in [0.717, 1.165) is 12.0 Å². The van der Waals surface area contributed by atoms with Crippen LogP contribution in [0.5, 0.6) is 5.75 Å². The molecule has 192 valence electrons. The van der Waals surface area contributed by atoms with Gasteiger partial charge in [-0.1, -0.05) is 24.6 Å². The number of likely N-dealkylation sites (tertiary alicyclic amines) is 1. The van der Waals surface area contributed by atoms with E-state index in [1.165, 1.54) is 0 Å². The van der Waals surface area contributed by atoms with Gasteiger partial charge in [0.15, 0.2) is 0 Å². The summed E-state index contributed by atoms with van der Waals surface area (Å²) in [5.41, 5.74) is 1.19. The molecule has 0 radical (unpaired) electrons. The monoisotopic (exact) mass is 493 g/mol. The Labute approximate surface area is 212 Å². The number of methoxy groups -OCH3 is 1. The third-order valence-electron chi connectivity index (χ3n) is 7.22. The summed E-state index contributed by atoms with van der Waals surface area (Å²) in [6.07, 6.45) is 1.64. The van der Waals surface area contributed by atoms with Gasteiger partial charge in [0.25, 0.3) is 11.8 Å². The van der Waals surface area contributed by atoms with Crippen molar-refractivity contribution >= 4 is 17.7 Å². The lowest BCUT2D eigenvalue weighted by molar-refractivity contribution is -0.128. The number of hydrogen-bond donors (Lipinski definition) is 1. The molecule has 0 aromatic heterocycles. The first-order chi connectivity index (χ1) is 17.3. The number of piperidine rings is 1. The average molecular weight is 494 g/mol. The van der Waals surface area contributed by atoms with Crippen molar-refractivity contribution in [1.82, 2.24) is 15.1 Å². The Morgan fingerprint density at radius 3 is 2.39 bits per heavy atom. The van der Waals surface area contributed by atoms with Gasteiger partial charge in [-0.2, -0.15) is 0 Å². The van der Waals surface area contributed by atoms with Gasteiger partial charge < -0.3 is 19.7 Å². The minimum atomic E-state index is -0.947. The van der Waals surface area contributed by atoms with E-state index in [9.17, 15) is 14.4 Å². The van der Waals surface area contributed by atoms with Crippen molar-refractivity contribution in [3.05, 3.63) is 65.2 Å². The number of carbonyl (C=O) groups excluding carboxylic acids is 3. The fourth-order valence-corrected chi connectivity index (χ4v) is 4.90. The van der Waals surface area contributed by atoms with Crippen LogP contribution < -0.4 is 10.1 Å². The van der Waals surface area contributed by atoms with E-state index in [4.69, 9.17) is 9.47 Å². The smallest absolute Gasteiger partial charge is 0.256 e. The standard InChI is InChI=1S/C28H35N3O5/c1-5-20(3)29-25(32)24-18-36-28(31(24)27(34)21-9-11-23(35-4)12-10-21)13-15-30(16-14-28)26(33)22-8-6-7-19(2)17-22/h6-12,17,20,24H,5,13-16,18H2,1-4H3,(H,29,32)/t20-,24-/m0/s1. The van der Waals surface area contributed by atoms with E-state index in [1.807, 2.05) is 45.0 Å². The molecule has 4 rings (SSSR count). The van der Waals surface area contributed by atoms with Gasteiger partial charge in [-0.25, -0.2) is 0 Å². The molecule has 1 spiro atoms. The summed E-state index contributed by atoms with van der Waals surface area (Å²) in [5.74, 6) is 0.123. The maximum absolute atomic E-state index is 13.8. The van der Waals surface area contributed by atoms with Crippen molar-refractivity contribution in [2.45, 2.75) is 57.8 Å². The summed E-state index contributed by atoms with van der Waals surface area (Å²) < 4.78 is 11.5. The Bertz CT molecular complexity index is 1110. The Kier molecular flexibility index (Phi) is 7.64. The highest BCUT2D eigenvalue weighted by Gasteiger charge is 2.54. The van der Waals surface area contributed by atoms with E-state index in [1.54, 1.807) is 41.2 Å². The van der Waals surface area contributed by atoms with Crippen molar-refractivity contribution in [2.24, 2.45) is 0 Å². The first-order valence-electron chi connectivity index (χ1n) is 12.6. The molecule has 2 aliphatic heterocycles. The normalized spacial score (nSPS) is 19.7. The van der Waals surface area contributed by atoms with E-state index in [-0.39, 0.29) is 30.4 Å². The summed E-state index contributed by atoms with van der Waals surface area (Å²) >= 11 is 0. The maximum atomic E-state index is 13.8. The number of benzene rings is 2. The number of nitrogens with zero attached hydrogens (tertiary/aromatic N) is 2. The molecule has 2 fully saturated rings. The lowest BCUT2D eigenvalue weighted by Crippen LogP contribution is -2.60. The largest absolute Gasteiger partial charge is 0.497 e. The van der Waals surface area contributed by atoms with Crippen molar-refractivity contribution < 1.29 is 23.9 Å². The zero-order valence-corrected chi connectivity index (χ0v) is 21.5. The van der Waals surface area contributed by atoms with Gasteiger partial charge >= 0.3 is 0 Å². The van der Waals surface area contributed by atoms with Crippen LogP contribution in [-0.2, 0) is 9.53 Å². The first kappa shape index (κ1) is 25.7. The molecule has 2 atom stereocenters. The molecule has 2 heterocycles. The highest BCUT2D eigenvalue weighted by Crippen LogP contribution is 2.39. The number of carbonyl (C=O) groups is 3. The van der Waals surface area contributed by atoms with E-state index < -0.39 is 11.8 Å².